The number of amides is 1. The fourth-order valence-electron chi connectivity index (χ4n) is 4.15. The van der Waals surface area contributed by atoms with E-state index >= 15 is 0 Å². The number of ketones is 1. The molecule has 1 aromatic carbocycles. The van der Waals surface area contributed by atoms with E-state index < -0.39 is 0 Å². The molecule has 3 aliphatic heterocycles. The van der Waals surface area contributed by atoms with E-state index in [0.717, 1.165) is 31.6 Å². The van der Waals surface area contributed by atoms with Crippen molar-refractivity contribution in [1.29, 1.82) is 0 Å². The fraction of sp³-hybridized carbons (Fsp3) is 0.474. The van der Waals surface area contributed by atoms with Crippen LogP contribution in [0.4, 0.5) is 5.69 Å². The molecule has 1 aromatic heterocycles. The highest BCUT2D eigenvalue weighted by atomic mass is 16.2. The zero-order valence-electron chi connectivity index (χ0n) is 14.8. The third-order valence-corrected chi connectivity index (χ3v) is 5.55. The number of anilines is 1. The quantitative estimate of drug-likeness (QED) is 0.830. The topological polar surface area (TPSA) is 80.1 Å². The summed E-state index contributed by atoms with van der Waals surface area (Å²) in [4.78, 5) is 26.5. The summed E-state index contributed by atoms with van der Waals surface area (Å²) in [5.74, 6) is 0.469. The smallest absolute Gasteiger partial charge is 0.229 e. The van der Waals surface area contributed by atoms with Gasteiger partial charge in [0.1, 0.15) is 5.69 Å². The van der Waals surface area contributed by atoms with E-state index in [-0.39, 0.29) is 17.6 Å². The summed E-state index contributed by atoms with van der Waals surface area (Å²) in [6.45, 7) is 4.00. The van der Waals surface area contributed by atoms with Gasteiger partial charge in [-0.1, -0.05) is 23.4 Å². The van der Waals surface area contributed by atoms with E-state index in [9.17, 15) is 9.59 Å². The van der Waals surface area contributed by atoms with Crippen LogP contribution in [0.3, 0.4) is 0 Å². The molecule has 0 saturated carbocycles. The van der Waals surface area contributed by atoms with Gasteiger partial charge in [-0.25, -0.2) is 0 Å². The highest BCUT2D eigenvalue weighted by Crippen LogP contribution is 2.37. The molecule has 4 atom stereocenters. The number of carbonyl (C=O) groups is 2. The van der Waals surface area contributed by atoms with Crippen molar-refractivity contribution >= 4 is 17.4 Å². The molecule has 0 radical (unpaired) electrons. The lowest BCUT2D eigenvalue weighted by atomic mass is 9.75. The molecular formula is C19H23N5O2. The maximum Gasteiger partial charge on any atom is 0.229 e. The molecule has 1 unspecified atom stereocenters. The van der Waals surface area contributed by atoms with Gasteiger partial charge in [-0.15, -0.1) is 5.10 Å². The number of para-hydroxylation sites is 1. The summed E-state index contributed by atoms with van der Waals surface area (Å²) < 4.78 is 1.75. The standard InChI is InChI=1S/C19H23N5O2/c1-13(25)18-12-24(22-21-18)10-16-9-14-7-8-23(16)11-17(14)19(26)20-15-5-3-2-4-6-15/h2-6,12,14,16-17H,7-11H2,1H3,(H,20,26)/t14-,16+,17+/m1/s1. The van der Waals surface area contributed by atoms with Gasteiger partial charge in [-0.2, -0.15) is 0 Å². The lowest BCUT2D eigenvalue weighted by Gasteiger charge is -2.49. The largest absolute Gasteiger partial charge is 0.326 e. The van der Waals surface area contributed by atoms with Gasteiger partial charge in [0, 0.05) is 25.2 Å². The fourth-order valence-corrected chi connectivity index (χ4v) is 4.15. The number of nitrogens with one attached hydrogen (secondary N) is 1. The van der Waals surface area contributed by atoms with Crippen LogP contribution in [0.15, 0.2) is 36.5 Å². The number of carbonyl (C=O) groups excluding carboxylic acids is 2. The molecule has 0 spiro atoms. The highest BCUT2D eigenvalue weighted by molar-refractivity contribution is 5.93. The van der Waals surface area contributed by atoms with Crippen LogP contribution >= 0.6 is 0 Å². The van der Waals surface area contributed by atoms with Crippen molar-refractivity contribution in [2.45, 2.75) is 32.4 Å². The first kappa shape index (κ1) is 16.9. The summed E-state index contributed by atoms with van der Waals surface area (Å²) in [6, 6.07) is 9.97. The van der Waals surface area contributed by atoms with Gasteiger partial charge in [0.05, 0.1) is 18.7 Å². The Morgan fingerprint density at radius 1 is 1.27 bits per heavy atom. The van der Waals surface area contributed by atoms with Crippen molar-refractivity contribution in [3.05, 3.63) is 42.2 Å². The van der Waals surface area contributed by atoms with Crippen LogP contribution in [0.2, 0.25) is 0 Å². The summed E-state index contributed by atoms with van der Waals surface area (Å²) in [7, 11) is 0. The van der Waals surface area contributed by atoms with Gasteiger partial charge in [0.25, 0.3) is 0 Å². The van der Waals surface area contributed by atoms with E-state index in [0.29, 0.717) is 24.2 Å². The zero-order valence-corrected chi connectivity index (χ0v) is 14.8. The molecule has 2 bridgehead atoms. The Kier molecular flexibility index (Phi) is 4.55. The van der Waals surface area contributed by atoms with Crippen molar-refractivity contribution in [3.63, 3.8) is 0 Å². The van der Waals surface area contributed by atoms with Crippen LogP contribution in [0, 0.1) is 11.8 Å². The minimum atomic E-state index is -0.0700. The molecule has 3 fully saturated rings. The Labute approximate surface area is 152 Å². The SMILES string of the molecule is CC(=O)c1cn(C[C@@H]2C[C@H]3CCN2C[C@@H]3C(=O)Nc2ccccc2)nn1. The van der Waals surface area contributed by atoms with Crippen molar-refractivity contribution in [3.8, 4) is 0 Å². The van der Waals surface area contributed by atoms with Crippen LogP contribution in [-0.2, 0) is 11.3 Å². The molecule has 7 nitrogen and oxygen atoms in total. The number of fused-ring (bicyclic) bond motifs is 3. The van der Waals surface area contributed by atoms with E-state index in [1.54, 1.807) is 10.9 Å². The third kappa shape index (κ3) is 3.39. The van der Waals surface area contributed by atoms with Crippen LogP contribution < -0.4 is 5.32 Å². The predicted molar refractivity (Wildman–Crippen MR) is 96.7 cm³/mol. The molecule has 0 aliphatic carbocycles. The van der Waals surface area contributed by atoms with E-state index in [1.807, 2.05) is 30.3 Å². The summed E-state index contributed by atoms with van der Waals surface area (Å²) >= 11 is 0. The molecule has 3 aliphatic rings. The summed E-state index contributed by atoms with van der Waals surface area (Å²) in [5.41, 5.74) is 1.26. The van der Waals surface area contributed by atoms with E-state index in [2.05, 4.69) is 20.5 Å². The predicted octanol–water partition coefficient (Wildman–Crippen LogP) is 1.83. The van der Waals surface area contributed by atoms with Crippen molar-refractivity contribution < 1.29 is 9.59 Å². The molecule has 136 valence electrons. The van der Waals surface area contributed by atoms with E-state index in [1.165, 1.54) is 6.92 Å². The Morgan fingerprint density at radius 3 is 2.73 bits per heavy atom. The minimum absolute atomic E-state index is 0.0312. The van der Waals surface area contributed by atoms with Gasteiger partial charge >= 0.3 is 0 Å². The second-order valence-corrected chi connectivity index (χ2v) is 7.28. The molecule has 4 heterocycles. The monoisotopic (exact) mass is 353 g/mol. The first-order valence-corrected chi connectivity index (χ1v) is 9.11. The molecular weight excluding hydrogens is 330 g/mol. The van der Waals surface area contributed by atoms with Gasteiger partial charge in [0.15, 0.2) is 5.78 Å². The number of hydrogen-bond acceptors (Lipinski definition) is 5. The second kappa shape index (κ2) is 6.99. The van der Waals surface area contributed by atoms with Gasteiger partial charge in [0.2, 0.25) is 5.91 Å². The maximum absolute atomic E-state index is 12.7. The molecule has 1 amide bonds. The number of benzene rings is 1. The average molecular weight is 353 g/mol. The number of piperidine rings is 3. The second-order valence-electron chi connectivity index (χ2n) is 7.28. The van der Waals surface area contributed by atoms with E-state index in [4.69, 9.17) is 0 Å². The van der Waals surface area contributed by atoms with Crippen LogP contribution in [0.5, 0.6) is 0 Å². The number of nitrogens with zero attached hydrogens (tertiary/aromatic N) is 4. The third-order valence-electron chi connectivity index (χ3n) is 5.55. The van der Waals surface area contributed by atoms with Crippen LogP contribution in [0.1, 0.15) is 30.3 Å². The molecule has 3 saturated heterocycles. The van der Waals surface area contributed by atoms with Crippen LogP contribution in [0.25, 0.3) is 0 Å². The summed E-state index contributed by atoms with van der Waals surface area (Å²) in [5, 5.41) is 11.0. The number of rotatable bonds is 5. The number of Topliss-reactive ketones (excluding diaryl/α,β-unsaturated/α-hetero) is 1. The summed E-state index contributed by atoms with van der Waals surface area (Å²) in [6.07, 6.45) is 3.74. The lowest BCUT2D eigenvalue weighted by Crippen LogP contribution is -2.57. The Morgan fingerprint density at radius 2 is 2.08 bits per heavy atom. The van der Waals surface area contributed by atoms with Crippen molar-refractivity contribution in [2.75, 3.05) is 18.4 Å². The average Bonchev–Trinajstić information content (AvgIpc) is 3.12. The Balaban J connectivity index is 1.39. The minimum Gasteiger partial charge on any atom is -0.326 e. The number of hydrogen-bond donors (Lipinski definition) is 1. The first-order valence-electron chi connectivity index (χ1n) is 9.11. The highest BCUT2D eigenvalue weighted by Gasteiger charge is 2.43. The Bertz CT molecular complexity index is 803. The lowest BCUT2D eigenvalue weighted by molar-refractivity contribution is -0.127. The van der Waals surface area contributed by atoms with Gasteiger partial charge in [-0.3, -0.25) is 19.2 Å². The Hall–Kier alpha value is -2.54. The molecule has 2 aromatic rings. The maximum atomic E-state index is 12.7. The molecule has 26 heavy (non-hydrogen) atoms. The first-order chi connectivity index (χ1) is 12.6. The van der Waals surface area contributed by atoms with Crippen LogP contribution in [-0.4, -0.2) is 50.7 Å². The number of aromatic nitrogens is 3. The zero-order chi connectivity index (χ0) is 18.1. The molecule has 7 heteroatoms. The van der Waals surface area contributed by atoms with Crippen molar-refractivity contribution in [2.24, 2.45) is 11.8 Å². The van der Waals surface area contributed by atoms with Gasteiger partial charge in [-0.05, 0) is 37.4 Å². The molecule has 5 rings (SSSR count). The normalized spacial score (nSPS) is 27.3. The van der Waals surface area contributed by atoms with Gasteiger partial charge < -0.3 is 5.32 Å². The van der Waals surface area contributed by atoms with Crippen molar-refractivity contribution in [1.82, 2.24) is 19.9 Å². The molecule has 1 N–H and O–H groups in total.